The van der Waals surface area contributed by atoms with Crippen LogP contribution in [0.3, 0.4) is 0 Å². The van der Waals surface area contributed by atoms with E-state index in [-0.39, 0.29) is 15.9 Å². The SMILES string of the molecule is O=[N+]([O-])c1cc(F)c(OCC2CC2)c(Br)c1. The number of rotatable bonds is 4. The number of nitrogens with zero attached hydrogens (tertiary/aromatic N) is 1. The number of hydrogen-bond donors (Lipinski definition) is 0. The van der Waals surface area contributed by atoms with Crippen LogP contribution >= 0.6 is 15.9 Å². The Hall–Kier alpha value is -1.17. The van der Waals surface area contributed by atoms with Gasteiger partial charge in [0.1, 0.15) is 0 Å². The van der Waals surface area contributed by atoms with Crippen LogP contribution in [0.1, 0.15) is 12.8 Å². The largest absolute Gasteiger partial charge is 0.489 e. The highest BCUT2D eigenvalue weighted by Crippen LogP contribution is 2.35. The summed E-state index contributed by atoms with van der Waals surface area (Å²) in [6.45, 7) is 0.466. The molecular weight excluding hydrogens is 281 g/mol. The van der Waals surface area contributed by atoms with Crippen LogP contribution in [0.15, 0.2) is 16.6 Å². The quantitative estimate of drug-likeness (QED) is 0.631. The van der Waals surface area contributed by atoms with E-state index in [1.165, 1.54) is 6.07 Å². The van der Waals surface area contributed by atoms with Gasteiger partial charge in [0.15, 0.2) is 11.6 Å². The highest BCUT2D eigenvalue weighted by molar-refractivity contribution is 9.10. The zero-order chi connectivity index (χ0) is 11.7. The Labute approximate surface area is 99.7 Å². The van der Waals surface area contributed by atoms with Crippen LogP contribution < -0.4 is 4.74 Å². The molecule has 1 aliphatic rings. The predicted octanol–water partition coefficient (Wildman–Crippen LogP) is 3.29. The van der Waals surface area contributed by atoms with Crippen LogP contribution in [0.5, 0.6) is 5.75 Å². The minimum atomic E-state index is -0.707. The first-order chi connectivity index (χ1) is 7.58. The number of nitro groups is 1. The molecule has 1 fully saturated rings. The molecule has 6 heteroatoms. The number of hydrogen-bond acceptors (Lipinski definition) is 3. The van der Waals surface area contributed by atoms with Gasteiger partial charge >= 0.3 is 0 Å². The summed E-state index contributed by atoms with van der Waals surface area (Å²) in [5.74, 6) is -0.152. The molecule has 0 aromatic heterocycles. The van der Waals surface area contributed by atoms with Gasteiger partial charge in [0.05, 0.1) is 22.1 Å². The lowest BCUT2D eigenvalue weighted by Gasteiger charge is -2.08. The van der Waals surface area contributed by atoms with E-state index in [1.54, 1.807) is 0 Å². The van der Waals surface area contributed by atoms with Gasteiger partial charge < -0.3 is 4.74 Å². The van der Waals surface area contributed by atoms with Crippen molar-refractivity contribution in [1.82, 2.24) is 0 Å². The second-order valence-corrected chi connectivity index (χ2v) is 4.60. The summed E-state index contributed by atoms with van der Waals surface area (Å²) in [7, 11) is 0. The van der Waals surface area contributed by atoms with Crippen molar-refractivity contribution < 1.29 is 14.1 Å². The Morgan fingerprint density at radius 1 is 1.56 bits per heavy atom. The van der Waals surface area contributed by atoms with E-state index in [1.807, 2.05) is 0 Å². The number of ether oxygens (including phenoxy) is 1. The first-order valence-electron chi connectivity index (χ1n) is 4.84. The summed E-state index contributed by atoms with van der Waals surface area (Å²) < 4.78 is 19.0. The highest BCUT2D eigenvalue weighted by atomic mass is 79.9. The molecular formula is C10H9BrFNO3. The molecule has 0 amide bonds. The maximum atomic E-state index is 13.5. The number of nitro benzene ring substituents is 1. The Kier molecular flexibility index (Phi) is 3.09. The summed E-state index contributed by atoms with van der Waals surface area (Å²) in [5, 5.41) is 10.5. The molecule has 0 saturated heterocycles. The van der Waals surface area contributed by atoms with E-state index < -0.39 is 10.7 Å². The number of benzene rings is 1. The van der Waals surface area contributed by atoms with Crippen LogP contribution in [0.4, 0.5) is 10.1 Å². The smallest absolute Gasteiger partial charge is 0.273 e. The third kappa shape index (κ3) is 2.49. The molecule has 4 nitrogen and oxygen atoms in total. The van der Waals surface area contributed by atoms with Gasteiger partial charge in [-0.05, 0) is 34.7 Å². The molecule has 1 aromatic carbocycles. The molecule has 2 rings (SSSR count). The van der Waals surface area contributed by atoms with E-state index in [9.17, 15) is 14.5 Å². The van der Waals surface area contributed by atoms with Crippen molar-refractivity contribution in [3.63, 3.8) is 0 Å². The van der Waals surface area contributed by atoms with Gasteiger partial charge in [-0.2, -0.15) is 0 Å². The molecule has 0 radical (unpaired) electrons. The molecule has 0 bridgehead atoms. The topological polar surface area (TPSA) is 52.4 Å². The van der Waals surface area contributed by atoms with Gasteiger partial charge in [-0.25, -0.2) is 4.39 Å². The van der Waals surface area contributed by atoms with Crippen LogP contribution in [-0.4, -0.2) is 11.5 Å². The van der Waals surface area contributed by atoms with Crippen molar-refractivity contribution in [3.8, 4) is 5.75 Å². The third-order valence-corrected chi connectivity index (χ3v) is 2.94. The zero-order valence-corrected chi connectivity index (χ0v) is 9.87. The van der Waals surface area contributed by atoms with Crippen molar-refractivity contribution in [3.05, 3.63) is 32.5 Å². The fraction of sp³-hybridized carbons (Fsp3) is 0.400. The minimum absolute atomic E-state index is 0.0532. The van der Waals surface area contributed by atoms with Crippen molar-refractivity contribution in [2.24, 2.45) is 5.92 Å². The fourth-order valence-electron chi connectivity index (χ4n) is 1.28. The van der Waals surface area contributed by atoms with Crippen molar-refractivity contribution in [2.75, 3.05) is 6.61 Å². The van der Waals surface area contributed by atoms with E-state index >= 15 is 0 Å². The molecule has 0 spiro atoms. The Morgan fingerprint density at radius 3 is 2.75 bits per heavy atom. The van der Waals surface area contributed by atoms with E-state index in [2.05, 4.69) is 15.9 Å². The normalized spacial score (nSPS) is 14.9. The molecule has 1 aliphatic carbocycles. The van der Waals surface area contributed by atoms with Gasteiger partial charge in [0.2, 0.25) is 0 Å². The fourth-order valence-corrected chi connectivity index (χ4v) is 1.81. The van der Waals surface area contributed by atoms with Gasteiger partial charge in [0, 0.05) is 6.07 Å². The summed E-state index contributed by atoms with van der Waals surface area (Å²) >= 11 is 3.07. The molecule has 0 unspecified atom stereocenters. The van der Waals surface area contributed by atoms with Crippen LogP contribution in [0, 0.1) is 21.8 Å². The Bertz CT molecular complexity index is 411. The molecule has 0 heterocycles. The highest BCUT2D eigenvalue weighted by Gasteiger charge is 2.24. The number of halogens is 2. The molecule has 1 aromatic rings. The zero-order valence-electron chi connectivity index (χ0n) is 8.28. The van der Waals surface area contributed by atoms with E-state index in [4.69, 9.17) is 4.74 Å². The number of non-ortho nitro benzene ring substituents is 1. The molecule has 1 saturated carbocycles. The maximum Gasteiger partial charge on any atom is 0.273 e. The third-order valence-electron chi connectivity index (χ3n) is 2.35. The van der Waals surface area contributed by atoms with Crippen LogP contribution in [0.25, 0.3) is 0 Å². The first-order valence-corrected chi connectivity index (χ1v) is 5.63. The van der Waals surface area contributed by atoms with Crippen LogP contribution in [0.2, 0.25) is 0 Å². The molecule has 16 heavy (non-hydrogen) atoms. The summed E-state index contributed by atoms with van der Waals surface area (Å²) in [5.41, 5.74) is -0.289. The lowest BCUT2D eigenvalue weighted by atomic mass is 10.3. The lowest BCUT2D eigenvalue weighted by Crippen LogP contribution is -2.02. The van der Waals surface area contributed by atoms with Gasteiger partial charge in [-0.3, -0.25) is 10.1 Å². The molecule has 86 valence electrons. The average molecular weight is 290 g/mol. The van der Waals surface area contributed by atoms with Crippen molar-refractivity contribution in [2.45, 2.75) is 12.8 Å². The van der Waals surface area contributed by atoms with Gasteiger partial charge in [-0.1, -0.05) is 0 Å². The molecule has 0 aliphatic heterocycles. The predicted molar refractivity (Wildman–Crippen MR) is 59.0 cm³/mol. The molecule has 0 N–H and O–H groups in total. The minimum Gasteiger partial charge on any atom is -0.489 e. The summed E-state index contributed by atoms with van der Waals surface area (Å²) in [4.78, 5) is 9.83. The summed E-state index contributed by atoms with van der Waals surface area (Å²) in [6.07, 6.45) is 2.21. The second-order valence-electron chi connectivity index (χ2n) is 3.75. The maximum absolute atomic E-state index is 13.5. The Morgan fingerprint density at radius 2 is 2.25 bits per heavy atom. The average Bonchev–Trinajstić information content (AvgIpc) is 2.99. The standard InChI is InChI=1S/C10H9BrFNO3/c11-8-3-7(13(14)15)4-9(12)10(8)16-5-6-1-2-6/h3-4,6H,1-2,5H2. The lowest BCUT2D eigenvalue weighted by molar-refractivity contribution is -0.385. The molecule has 0 atom stereocenters. The van der Waals surface area contributed by atoms with E-state index in [0.717, 1.165) is 18.9 Å². The first kappa shape index (κ1) is 11.3. The van der Waals surface area contributed by atoms with E-state index in [0.29, 0.717) is 12.5 Å². The van der Waals surface area contributed by atoms with Gasteiger partial charge in [0.25, 0.3) is 5.69 Å². The Balaban J connectivity index is 2.19. The van der Waals surface area contributed by atoms with Crippen molar-refractivity contribution in [1.29, 1.82) is 0 Å². The second kappa shape index (κ2) is 4.37. The monoisotopic (exact) mass is 289 g/mol. The summed E-state index contributed by atoms with van der Waals surface area (Å²) in [6, 6.07) is 2.11. The van der Waals surface area contributed by atoms with Crippen molar-refractivity contribution >= 4 is 21.6 Å². The van der Waals surface area contributed by atoms with Crippen LogP contribution in [-0.2, 0) is 0 Å². The van der Waals surface area contributed by atoms with Gasteiger partial charge in [-0.15, -0.1) is 0 Å².